The minimum atomic E-state index is -0.450. The number of aromatic nitrogens is 1. The molecule has 1 atom stereocenters. The van der Waals surface area contributed by atoms with Crippen LogP contribution < -0.4 is 5.32 Å². The van der Waals surface area contributed by atoms with Crippen LogP contribution in [0.15, 0.2) is 42.6 Å². The summed E-state index contributed by atoms with van der Waals surface area (Å²) < 4.78 is 7.23. The maximum Gasteiger partial charge on any atom is 0.325 e. The average molecular weight is 499 g/mol. The fourth-order valence-corrected chi connectivity index (χ4v) is 6.38. The van der Waals surface area contributed by atoms with Gasteiger partial charge in [-0.15, -0.1) is 11.3 Å². The minimum absolute atomic E-state index is 0.170. The first-order chi connectivity index (χ1) is 16.5. The van der Waals surface area contributed by atoms with Gasteiger partial charge in [0.05, 0.1) is 24.9 Å². The van der Waals surface area contributed by atoms with Crippen LogP contribution in [0, 0.1) is 0 Å². The number of urea groups is 1. The molecule has 1 aromatic carbocycles. The highest BCUT2D eigenvalue weighted by Crippen LogP contribution is 2.43. The van der Waals surface area contributed by atoms with Crippen molar-refractivity contribution < 1.29 is 14.3 Å². The van der Waals surface area contributed by atoms with Gasteiger partial charge in [0, 0.05) is 34.7 Å². The summed E-state index contributed by atoms with van der Waals surface area (Å²) in [7, 11) is 2.14. The van der Waals surface area contributed by atoms with Crippen LogP contribution >= 0.6 is 22.9 Å². The lowest BCUT2D eigenvalue weighted by Gasteiger charge is -2.31. The molecule has 0 unspecified atom stereocenters. The van der Waals surface area contributed by atoms with Gasteiger partial charge in [-0.05, 0) is 55.8 Å². The molecule has 0 radical (unpaired) electrons. The van der Waals surface area contributed by atoms with E-state index in [0.717, 1.165) is 30.8 Å². The quantitative estimate of drug-likeness (QED) is 0.543. The molecule has 2 aliphatic heterocycles. The number of rotatable bonds is 4. The first kappa shape index (κ1) is 23.0. The summed E-state index contributed by atoms with van der Waals surface area (Å²) in [5.74, 6) is -0.450. The number of fused-ring (bicyclic) bond motifs is 5. The lowest BCUT2D eigenvalue weighted by molar-refractivity contribution is -0.141. The van der Waals surface area contributed by atoms with Crippen molar-refractivity contribution >= 4 is 34.9 Å². The molecule has 178 valence electrons. The predicted octanol–water partition coefficient (Wildman–Crippen LogP) is 4.36. The van der Waals surface area contributed by atoms with E-state index < -0.39 is 5.97 Å². The summed E-state index contributed by atoms with van der Waals surface area (Å²) in [4.78, 5) is 31.0. The summed E-state index contributed by atoms with van der Waals surface area (Å²) in [5.41, 5.74) is 4.49. The summed E-state index contributed by atoms with van der Waals surface area (Å²) >= 11 is 7.98. The van der Waals surface area contributed by atoms with E-state index in [9.17, 15) is 9.59 Å². The number of hydrogen-bond donors (Lipinski definition) is 1. The van der Waals surface area contributed by atoms with Crippen molar-refractivity contribution in [2.24, 2.45) is 0 Å². The van der Waals surface area contributed by atoms with Crippen molar-refractivity contribution in [1.82, 2.24) is 19.7 Å². The van der Waals surface area contributed by atoms with Crippen LogP contribution in [-0.4, -0.2) is 53.1 Å². The van der Waals surface area contributed by atoms with Gasteiger partial charge in [-0.1, -0.05) is 23.7 Å². The van der Waals surface area contributed by atoms with Gasteiger partial charge < -0.3 is 24.4 Å². The molecule has 2 aliphatic rings. The van der Waals surface area contributed by atoms with E-state index in [1.165, 1.54) is 21.0 Å². The number of hydrogen-bond acceptors (Lipinski definition) is 5. The fourth-order valence-electron chi connectivity index (χ4n) is 4.81. The van der Waals surface area contributed by atoms with E-state index in [1.54, 1.807) is 6.92 Å². The minimum Gasteiger partial charge on any atom is -0.465 e. The van der Waals surface area contributed by atoms with E-state index in [4.69, 9.17) is 16.3 Å². The fraction of sp³-hybridized carbons (Fsp3) is 0.360. The molecular formula is C25H27ClN4O3S. The van der Waals surface area contributed by atoms with Crippen LogP contribution in [0.5, 0.6) is 0 Å². The zero-order valence-electron chi connectivity index (χ0n) is 19.2. The van der Waals surface area contributed by atoms with Gasteiger partial charge in [0.15, 0.2) is 0 Å². The highest BCUT2D eigenvalue weighted by Gasteiger charge is 2.36. The maximum atomic E-state index is 13.6. The number of amides is 2. The summed E-state index contributed by atoms with van der Waals surface area (Å²) in [6.07, 6.45) is 3.03. The zero-order chi connectivity index (χ0) is 23.8. The molecule has 0 fully saturated rings. The molecule has 4 heterocycles. The second-order valence-corrected chi connectivity index (χ2v) is 10.1. The van der Waals surface area contributed by atoms with Crippen LogP contribution in [0.1, 0.15) is 40.2 Å². The number of likely N-dealkylation sites (N-methyl/N-ethyl adjacent to an activating group) is 1. The Morgan fingerprint density at radius 1 is 1.18 bits per heavy atom. The van der Waals surface area contributed by atoms with E-state index in [0.29, 0.717) is 11.6 Å². The van der Waals surface area contributed by atoms with Crippen LogP contribution in [0.2, 0.25) is 5.02 Å². The van der Waals surface area contributed by atoms with Crippen LogP contribution in [0.25, 0.3) is 5.00 Å². The van der Waals surface area contributed by atoms with Crippen LogP contribution in [0.4, 0.5) is 4.79 Å². The molecule has 2 amide bonds. The predicted molar refractivity (Wildman–Crippen MR) is 133 cm³/mol. The van der Waals surface area contributed by atoms with E-state index in [-0.39, 0.29) is 25.2 Å². The Morgan fingerprint density at radius 2 is 1.97 bits per heavy atom. The molecule has 34 heavy (non-hydrogen) atoms. The summed E-state index contributed by atoms with van der Waals surface area (Å²) in [6.45, 7) is 4.21. The van der Waals surface area contributed by atoms with Gasteiger partial charge in [0.25, 0.3) is 0 Å². The Labute approximate surface area is 207 Å². The highest BCUT2D eigenvalue weighted by atomic mass is 35.5. The van der Waals surface area contributed by atoms with Gasteiger partial charge in [-0.2, -0.15) is 0 Å². The molecule has 0 saturated carbocycles. The van der Waals surface area contributed by atoms with Crippen molar-refractivity contribution in [3.8, 4) is 5.00 Å². The molecule has 3 aromatic rings. The van der Waals surface area contributed by atoms with Crippen molar-refractivity contribution in [3.63, 3.8) is 0 Å². The van der Waals surface area contributed by atoms with Gasteiger partial charge in [-0.25, -0.2) is 4.79 Å². The van der Waals surface area contributed by atoms with E-state index in [1.807, 2.05) is 46.6 Å². The van der Waals surface area contributed by atoms with Crippen molar-refractivity contribution in [2.75, 3.05) is 26.7 Å². The first-order valence-corrected chi connectivity index (χ1v) is 12.6. The molecule has 9 heteroatoms. The second-order valence-electron chi connectivity index (χ2n) is 8.62. The zero-order valence-corrected chi connectivity index (χ0v) is 20.8. The molecular weight excluding hydrogens is 472 g/mol. The van der Waals surface area contributed by atoms with Gasteiger partial charge in [-0.3, -0.25) is 4.79 Å². The molecule has 0 saturated heterocycles. The number of ether oxygens (including phenoxy) is 1. The number of benzene rings is 1. The molecule has 0 aliphatic carbocycles. The molecule has 1 N–H and O–H groups in total. The Kier molecular flexibility index (Phi) is 6.38. The maximum absolute atomic E-state index is 13.6. The van der Waals surface area contributed by atoms with Crippen LogP contribution in [0.3, 0.4) is 0 Å². The number of carbonyl (C=O) groups is 2. The number of carbonyl (C=O) groups excluding carboxylic acids is 2. The monoisotopic (exact) mass is 498 g/mol. The van der Waals surface area contributed by atoms with Crippen molar-refractivity contribution in [2.45, 2.75) is 32.5 Å². The number of halogens is 1. The number of esters is 1. The number of thiophene rings is 1. The second kappa shape index (κ2) is 9.44. The Balaban J connectivity index is 1.59. The Bertz CT molecular complexity index is 1220. The third-order valence-corrected chi connectivity index (χ3v) is 7.90. The third kappa shape index (κ3) is 4.21. The smallest absolute Gasteiger partial charge is 0.325 e. The van der Waals surface area contributed by atoms with Gasteiger partial charge in [0.2, 0.25) is 0 Å². The molecule has 0 bridgehead atoms. The molecule has 2 aromatic heterocycles. The Hall–Kier alpha value is -2.81. The highest BCUT2D eigenvalue weighted by molar-refractivity contribution is 7.15. The molecule has 5 rings (SSSR count). The largest absolute Gasteiger partial charge is 0.465 e. The van der Waals surface area contributed by atoms with Crippen molar-refractivity contribution in [3.05, 3.63) is 74.9 Å². The normalized spacial score (nSPS) is 17.4. The van der Waals surface area contributed by atoms with Gasteiger partial charge >= 0.3 is 12.0 Å². The van der Waals surface area contributed by atoms with Gasteiger partial charge in [0.1, 0.15) is 11.5 Å². The standard InChI is InChI=1S/C25H27ClN4O3S/c1-3-33-22(31)13-27-25(32)30-14-19-18-10-12-28(2)15-21(18)34-24(19)29-11-4-5-20(29)23(30)16-6-8-17(26)9-7-16/h4-9,11,23H,3,10,12-15H2,1-2H3,(H,27,32)/t23-/m1/s1. The lowest BCUT2D eigenvalue weighted by Crippen LogP contribution is -2.44. The lowest BCUT2D eigenvalue weighted by atomic mass is 10.0. The molecule has 7 nitrogen and oxygen atoms in total. The Morgan fingerprint density at radius 3 is 2.74 bits per heavy atom. The average Bonchev–Trinajstić information content (AvgIpc) is 3.40. The number of nitrogens with one attached hydrogen (secondary N) is 1. The van der Waals surface area contributed by atoms with Crippen LogP contribution in [-0.2, 0) is 29.0 Å². The topological polar surface area (TPSA) is 66.8 Å². The third-order valence-electron chi connectivity index (χ3n) is 6.39. The van der Waals surface area contributed by atoms with Crippen molar-refractivity contribution in [1.29, 1.82) is 0 Å². The van der Waals surface area contributed by atoms with E-state index >= 15 is 0 Å². The van der Waals surface area contributed by atoms with E-state index in [2.05, 4.69) is 34.1 Å². The number of nitrogens with zero attached hydrogens (tertiary/aromatic N) is 3. The SMILES string of the molecule is CCOC(=O)CNC(=O)N1Cc2c(sc3c2CCN(C)C3)-n2cccc2[C@H]1c1ccc(Cl)cc1. The molecule has 0 spiro atoms. The first-order valence-electron chi connectivity index (χ1n) is 11.4. The summed E-state index contributed by atoms with van der Waals surface area (Å²) in [6, 6.07) is 11.0. The summed E-state index contributed by atoms with van der Waals surface area (Å²) in [5, 5.41) is 4.59.